The van der Waals surface area contributed by atoms with Gasteiger partial charge in [-0.15, -0.1) is 0 Å². The third-order valence-electron chi connectivity index (χ3n) is 3.74. The monoisotopic (exact) mass is 281 g/mol. The maximum Gasteiger partial charge on any atom is 0.0589 e. The van der Waals surface area contributed by atoms with Crippen LogP contribution in [-0.4, -0.2) is 43.5 Å². The van der Waals surface area contributed by atoms with Crippen molar-refractivity contribution in [3.8, 4) is 0 Å². The molecule has 0 fully saturated rings. The molecule has 0 aliphatic carbocycles. The lowest BCUT2D eigenvalue weighted by atomic mass is 9.99. The molecule has 0 spiro atoms. The Bertz CT molecular complexity index is 331. The molecule has 1 aromatic carbocycles. The van der Waals surface area contributed by atoms with Crippen molar-refractivity contribution in [2.75, 3.05) is 32.6 Å². The fourth-order valence-corrected chi connectivity index (χ4v) is 2.56. The molecule has 0 radical (unpaired) electrons. The van der Waals surface area contributed by atoms with Crippen molar-refractivity contribution < 1.29 is 4.74 Å². The first-order valence-electron chi connectivity index (χ1n) is 7.11. The Hall–Kier alpha value is -0.510. The molecular weight excluding hydrogens is 254 g/mol. The van der Waals surface area contributed by atoms with E-state index < -0.39 is 0 Å². The van der Waals surface area contributed by atoms with Gasteiger partial charge in [0.05, 0.1) is 6.61 Å². The van der Waals surface area contributed by atoms with E-state index in [-0.39, 0.29) is 0 Å². The zero-order valence-electron chi connectivity index (χ0n) is 12.4. The summed E-state index contributed by atoms with van der Waals surface area (Å²) in [7, 11) is 1.77. The van der Waals surface area contributed by atoms with Gasteiger partial charge < -0.3 is 4.74 Å². The molecule has 2 atom stereocenters. The number of methoxy groups -OCH3 is 1. The van der Waals surface area contributed by atoms with E-state index in [9.17, 15) is 0 Å². The highest BCUT2D eigenvalue weighted by molar-refractivity contribution is 7.80. The fourth-order valence-electron chi connectivity index (χ4n) is 2.24. The van der Waals surface area contributed by atoms with Gasteiger partial charge >= 0.3 is 0 Å². The molecule has 0 aliphatic heterocycles. The zero-order chi connectivity index (χ0) is 14.1. The van der Waals surface area contributed by atoms with E-state index in [4.69, 9.17) is 4.74 Å². The lowest BCUT2D eigenvalue weighted by Gasteiger charge is -2.31. The smallest absolute Gasteiger partial charge is 0.0589 e. The molecule has 0 aliphatic rings. The maximum atomic E-state index is 5.23. The van der Waals surface area contributed by atoms with Gasteiger partial charge in [0.1, 0.15) is 0 Å². The predicted octanol–water partition coefficient (Wildman–Crippen LogP) is 3.45. The van der Waals surface area contributed by atoms with Gasteiger partial charge in [-0.2, -0.15) is 12.6 Å². The minimum atomic E-state index is 0.482. The van der Waals surface area contributed by atoms with Crippen molar-refractivity contribution in [3.05, 3.63) is 35.9 Å². The Kier molecular flexibility index (Phi) is 8.19. The van der Waals surface area contributed by atoms with Crippen LogP contribution in [0.5, 0.6) is 0 Å². The Morgan fingerprint density at radius 1 is 1.26 bits per heavy atom. The van der Waals surface area contributed by atoms with Crippen molar-refractivity contribution in [1.29, 1.82) is 0 Å². The number of nitrogens with zero attached hydrogens (tertiary/aromatic N) is 1. The minimum absolute atomic E-state index is 0.482. The van der Waals surface area contributed by atoms with Crippen LogP contribution in [-0.2, 0) is 4.74 Å². The van der Waals surface area contributed by atoms with E-state index in [1.54, 1.807) is 7.11 Å². The summed E-state index contributed by atoms with van der Waals surface area (Å²) in [6.07, 6.45) is 1.16. The number of rotatable bonds is 9. The Balaban J connectivity index is 2.69. The molecule has 0 bridgehead atoms. The van der Waals surface area contributed by atoms with Crippen LogP contribution in [0, 0.1) is 0 Å². The normalized spacial score (nSPS) is 14.6. The third-order valence-corrected chi connectivity index (χ3v) is 4.18. The minimum Gasteiger partial charge on any atom is -0.383 e. The number of hydrogen-bond acceptors (Lipinski definition) is 3. The predicted molar refractivity (Wildman–Crippen MR) is 86.2 cm³/mol. The Labute approximate surface area is 123 Å². The van der Waals surface area contributed by atoms with Gasteiger partial charge in [0.2, 0.25) is 0 Å². The van der Waals surface area contributed by atoms with Crippen LogP contribution in [0.1, 0.15) is 31.7 Å². The summed E-state index contributed by atoms with van der Waals surface area (Å²) in [6.45, 7) is 7.35. The van der Waals surface area contributed by atoms with Crippen LogP contribution in [0.4, 0.5) is 0 Å². The van der Waals surface area contributed by atoms with Gasteiger partial charge in [0.15, 0.2) is 0 Å². The fraction of sp³-hybridized carbons (Fsp3) is 0.625. The standard InChI is InChI=1S/C16H27NOS/c1-4-14(2)17(10-11-18-3)12-16(13-19)15-8-6-5-7-9-15/h5-9,14,16,19H,4,10-13H2,1-3H3. The first-order chi connectivity index (χ1) is 9.22. The molecule has 0 amide bonds. The summed E-state index contributed by atoms with van der Waals surface area (Å²) in [5, 5.41) is 0. The van der Waals surface area contributed by atoms with Crippen LogP contribution in [0.2, 0.25) is 0 Å². The molecule has 1 aromatic rings. The van der Waals surface area contributed by atoms with Crippen LogP contribution in [0.25, 0.3) is 0 Å². The van der Waals surface area contributed by atoms with Gasteiger partial charge in [-0.25, -0.2) is 0 Å². The molecule has 1 rings (SSSR count). The SMILES string of the molecule is CCC(C)N(CCOC)CC(CS)c1ccccc1. The largest absolute Gasteiger partial charge is 0.383 e. The van der Waals surface area contributed by atoms with Crippen LogP contribution in [0.3, 0.4) is 0 Å². The van der Waals surface area contributed by atoms with E-state index >= 15 is 0 Å². The summed E-state index contributed by atoms with van der Waals surface area (Å²) < 4.78 is 5.23. The third kappa shape index (κ3) is 5.55. The lowest BCUT2D eigenvalue weighted by Crippen LogP contribution is -2.38. The van der Waals surface area contributed by atoms with Crippen molar-refractivity contribution >= 4 is 12.6 Å². The van der Waals surface area contributed by atoms with Crippen molar-refractivity contribution in [3.63, 3.8) is 0 Å². The van der Waals surface area contributed by atoms with Crippen LogP contribution >= 0.6 is 12.6 Å². The molecule has 3 heteroatoms. The number of ether oxygens (including phenoxy) is 1. The van der Waals surface area contributed by atoms with Crippen LogP contribution in [0.15, 0.2) is 30.3 Å². The number of hydrogen-bond donors (Lipinski definition) is 1. The summed E-state index contributed by atoms with van der Waals surface area (Å²) >= 11 is 4.53. The molecule has 0 N–H and O–H groups in total. The molecule has 19 heavy (non-hydrogen) atoms. The highest BCUT2D eigenvalue weighted by Gasteiger charge is 2.18. The van der Waals surface area contributed by atoms with Crippen molar-refractivity contribution in [2.24, 2.45) is 0 Å². The van der Waals surface area contributed by atoms with E-state index in [1.165, 1.54) is 5.56 Å². The molecule has 2 unspecified atom stereocenters. The Morgan fingerprint density at radius 2 is 1.95 bits per heavy atom. The Morgan fingerprint density at radius 3 is 2.47 bits per heavy atom. The quantitative estimate of drug-likeness (QED) is 0.696. The maximum absolute atomic E-state index is 5.23. The molecule has 0 saturated heterocycles. The average molecular weight is 281 g/mol. The van der Waals surface area contributed by atoms with Crippen molar-refractivity contribution in [1.82, 2.24) is 4.90 Å². The van der Waals surface area contributed by atoms with Crippen LogP contribution < -0.4 is 0 Å². The van der Waals surface area contributed by atoms with E-state index in [2.05, 4.69) is 61.7 Å². The number of thiol groups is 1. The van der Waals surface area contributed by atoms with Gasteiger partial charge in [-0.1, -0.05) is 37.3 Å². The molecular formula is C16H27NOS. The first kappa shape index (κ1) is 16.5. The number of benzene rings is 1. The van der Waals surface area contributed by atoms with Gasteiger partial charge in [0, 0.05) is 32.2 Å². The molecule has 2 nitrogen and oxygen atoms in total. The summed E-state index contributed by atoms with van der Waals surface area (Å²) in [6, 6.07) is 11.3. The molecule has 108 valence electrons. The second-order valence-corrected chi connectivity index (χ2v) is 5.40. The van der Waals surface area contributed by atoms with Crippen molar-refractivity contribution in [2.45, 2.75) is 32.2 Å². The highest BCUT2D eigenvalue weighted by atomic mass is 32.1. The van der Waals surface area contributed by atoms with E-state index in [1.807, 2.05) is 0 Å². The second-order valence-electron chi connectivity index (χ2n) is 5.04. The highest BCUT2D eigenvalue weighted by Crippen LogP contribution is 2.20. The molecule has 0 aromatic heterocycles. The van der Waals surface area contributed by atoms with Gasteiger partial charge in [-0.05, 0) is 24.7 Å². The summed E-state index contributed by atoms with van der Waals surface area (Å²) in [5.74, 6) is 1.36. The zero-order valence-corrected chi connectivity index (χ0v) is 13.3. The van der Waals surface area contributed by atoms with Gasteiger partial charge in [-0.3, -0.25) is 4.90 Å². The topological polar surface area (TPSA) is 12.5 Å². The lowest BCUT2D eigenvalue weighted by molar-refractivity contribution is 0.119. The summed E-state index contributed by atoms with van der Waals surface area (Å²) in [5.41, 5.74) is 1.38. The average Bonchev–Trinajstić information content (AvgIpc) is 2.47. The summed E-state index contributed by atoms with van der Waals surface area (Å²) in [4.78, 5) is 2.51. The molecule has 0 saturated carbocycles. The van der Waals surface area contributed by atoms with E-state index in [0.717, 1.165) is 31.9 Å². The second kappa shape index (κ2) is 9.40. The van der Waals surface area contributed by atoms with Gasteiger partial charge in [0.25, 0.3) is 0 Å². The van der Waals surface area contributed by atoms with E-state index in [0.29, 0.717) is 12.0 Å². The molecule has 0 heterocycles. The first-order valence-corrected chi connectivity index (χ1v) is 7.74.